The molecule has 2 aliphatic rings. The number of methoxy groups -OCH3 is 1. The van der Waals surface area contributed by atoms with Gasteiger partial charge in [-0.2, -0.15) is 0 Å². The summed E-state index contributed by atoms with van der Waals surface area (Å²) >= 11 is 0. The van der Waals surface area contributed by atoms with E-state index in [4.69, 9.17) is 4.74 Å². The zero-order chi connectivity index (χ0) is 16.1. The molecule has 0 aromatic heterocycles. The Hall–Kier alpha value is -1.24. The van der Waals surface area contributed by atoms with Crippen LogP contribution in [0.4, 0.5) is 0 Å². The van der Waals surface area contributed by atoms with Crippen molar-refractivity contribution in [2.24, 2.45) is 11.3 Å². The third kappa shape index (κ3) is 2.13. The maximum Gasteiger partial charge on any atom is 0.126 e. The minimum atomic E-state index is 0.311. The van der Waals surface area contributed by atoms with Crippen molar-refractivity contribution in [1.82, 2.24) is 0 Å². The van der Waals surface area contributed by atoms with Crippen molar-refractivity contribution in [3.63, 3.8) is 0 Å². The molecule has 1 heteroatoms. The average molecular weight is 298 g/mol. The number of fused-ring (bicyclic) bond motifs is 3. The van der Waals surface area contributed by atoms with E-state index in [1.54, 1.807) is 12.7 Å². The van der Waals surface area contributed by atoms with Gasteiger partial charge in [0.15, 0.2) is 0 Å². The Morgan fingerprint density at radius 1 is 1.23 bits per heavy atom. The maximum absolute atomic E-state index is 5.62. The first-order valence-corrected chi connectivity index (χ1v) is 8.67. The van der Waals surface area contributed by atoms with Crippen LogP contribution in [0, 0.1) is 11.3 Å². The van der Waals surface area contributed by atoms with Gasteiger partial charge in [0.2, 0.25) is 0 Å². The second kappa shape index (κ2) is 5.15. The van der Waals surface area contributed by atoms with Gasteiger partial charge in [-0.05, 0) is 72.1 Å². The fraction of sp³-hybridized carbons (Fsp3) is 0.619. The molecule has 0 radical (unpaired) electrons. The van der Waals surface area contributed by atoms with Crippen LogP contribution in [0.15, 0.2) is 18.7 Å². The molecule has 2 atom stereocenters. The van der Waals surface area contributed by atoms with E-state index in [9.17, 15) is 0 Å². The summed E-state index contributed by atoms with van der Waals surface area (Å²) in [5.41, 5.74) is 6.23. The lowest BCUT2D eigenvalue weighted by atomic mass is 9.50. The van der Waals surface area contributed by atoms with Crippen molar-refractivity contribution >= 4 is 5.57 Å². The highest BCUT2D eigenvalue weighted by Crippen LogP contribution is 2.58. The number of allylic oxidation sites excluding steroid dienone is 1. The van der Waals surface area contributed by atoms with E-state index < -0.39 is 0 Å². The Kier molecular flexibility index (Phi) is 3.66. The fourth-order valence-corrected chi connectivity index (χ4v) is 5.50. The largest absolute Gasteiger partial charge is 0.496 e. The molecule has 0 saturated heterocycles. The first kappa shape index (κ1) is 15.6. The van der Waals surface area contributed by atoms with Crippen LogP contribution in [0.5, 0.6) is 5.75 Å². The third-order valence-corrected chi connectivity index (χ3v) is 6.45. The molecule has 0 aliphatic heterocycles. The molecule has 1 fully saturated rings. The molecule has 0 heterocycles. The molecule has 0 unspecified atom stereocenters. The Labute approximate surface area is 135 Å². The zero-order valence-corrected chi connectivity index (χ0v) is 14.9. The van der Waals surface area contributed by atoms with Gasteiger partial charge >= 0.3 is 0 Å². The second-order valence-corrected chi connectivity index (χ2v) is 8.30. The quantitative estimate of drug-likeness (QED) is 0.674. The van der Waals surface area contributed by atoms with Crippen LogP contribution >= 0.6 is 0 Å². The Balaban J connectivity index is 2.19. The highest BCUT2D eigenvalue weighted by molar-refractivity contribution is 5.72. The number of hydrogen-bond donors (Lipinski definition) is 0. The second-order valence-electron chi connectivity index (χ2n) is 8.30. The van der Waals surface area contributed by atoms with Crippen LogP contribution in [0.25, 0.3) is 5.57 Å². The van der Waals surface area contributed by atoms with Crippen molar-refractivity contribution in [2.45, 2.75) is 65.2 Å². The van der Waals surface area contributed by atoms with Gasteiger partial charge < -0.3 is 4.74 Å². The fourth-order valence-electron chi connectivity index (χ4n) is 5.50. The van der Waals surface area contributed by atoms with Crippen LogP contribution in [0.1, 0.15) is 70.1 Å². The Bertz CT molecular complexity index is 611. The minimum absolute atomic E-state index is 0.311. The Morgan fingerprint density at radius 3 is 2.59 bits per heavy atom. The molecule has 2 aliphatic carbocycles. The summed E-state index contributed by atoms with van der Waals surface area (Å²) in [4.78, 5) is 0. The van der Waals surface area contributed by atoms with Crippen molar-refractivity contribution in [3.8, 4) is 5.75 Å². The predicted octanol–water partition coefficient (Wildman–Crippen LogP) is 5.76. The van der Waals surface area contributed by atoms with Gasteiger partial charge in [-0.1, -0.05) is 39.8 Å². The number of benzene rings is 1. The normalized spacial score (nSPS) is 29.4. The third-order valence-electron chi connectivity index (χ3n) is 6.45. The van der Waals surface area contributed by atoms with Crippen LogP contribution in [-0.4, -0.2) is 7.11 Å². The Morgan fingerprint density at radius 2 is 1.95 bits per heavy atom. The summed E-state index contributed by atoms with van der Waals surface area (Å²) < 4.78 is 5.62. The summed E-state index contributed by atoms with van der Waals surface area (Å²) in [6, 6.07) is 4.51. The summed E-state index contributed by atoms with van der Waals surface area (Å²) in [6.07, 6.45) is 6.48. The summed E-state index contributed by atoms with van der Waals surface area (Å²) in [6.45, 7) is 13.8. The molecule has 0 bridgehead atoms. The zero-order valence-electron chi connectivity index (χ0n) is 14.9. The lowest BCUT2D eigenvalue weighted by molar-refractivity contribution is 0.0406. The van der Waals surface area contributed by atoms with Crippen LogP contribution in [-0.2, 0) is 11.8 Å². The molecule has 1 nitrogen and oxygen atoms in total. The smallest absolute Gasteiger partial charge is 0.126 e. The monoisotopic (exact) mass is 298 g/mol. The number of hydrogen-bond acceptors (Lipinski definition) is 1. The van der Waals surface area contributed by atoms with Gasteiger partial charge in [0, 0.05) is 5.56 Å². The van der Waals surface area contributed by atoms with Gasteiger partial charge in [-0.25, -0.2) is 0 Å². The van der Waals surface area contributed by atoms with E-state index >= 15 is 0 Å². The van der Waals surface area contributed by atoms with Gasteiger partial charge in [0.05, 0.1) is 7.11 Å². The highest BCUT2D eigenvalue weighted by atomic mass is 16.5. The molecule has 22 heavy (non-hydrogen) atoms. The van der Waals surface area contributed by atoms with Crippen molar-refractivity contribution < 1.29 is 4.74 Å². The molecule has 120 valence electrons. The van der Waals surface area contributed by atoms with Crippen LogP contribution in [0.3, 0.4) is 0 Å². The maximum atomic E-state index is 5.62. The van der Waals surface area contributed by atoms with Gasteiger partial charge in [-0.3, -0.25) is 0 Å². The van der Waals surface area contributed by atoms with Crippen LogP contribution < -0.4 is 4.74 Å². The van der Waals surface area contributed by atoms with Crippen molar-refractivity contribution in [1.29, 1.82) is 0 Å². The molecular weight excluding hydrogens is 268 g/mol. The summed E-state index contributed by atoms with van der Waals surface area (Å²) in [5, 5.41) is 0. The highest BCUT2D eigenvalue weighted by Gasteiger charge is 2.50. The van der Waals surface area contributed by atoms with E-state index in [0.717, 1.165) is 17.2 Å². The van der Waals surface area contributed by atoms with Crippen molar-refractivity contribution in [3.05, 3.63) is 35.4 Å². The van der Waals surface area contributed by atoms with E-state index in [0.29, 0.717) is 10.8 Å². The topological polar surface area (TPSA) is 9.23 Å². The standard InChI is InChI=1S/C21H30O/c1-14(2)19-15-8-11-18-20(3,4)12-7-13-21(18,5)16(15)9-10-17(19)22-6/h9-10,18H,1,7-8,11-13H2,2-6H3/t18-,21+/m0/s1. The van der Waals surface area contributed by atoms with E-state index in [1.807, 2.05) is 0 Å². The van der Waals surface area contributed by atoms with Crippen molar-refractivity contribution in [2.75, 3.05) is 7.11 Å². The molecule has 1 aromatic rings. The lowest BCUT2D eigenvalue weighted by Gasteiger charge is -2.54. The molecule has 0 amide bonds. The predicted molar refractivity (Wildman–Crippen MR) is 94.5 cm³/mol. The molecule has 0 spiro atoms. The average Bonchev–Trinajstić information content (AvgIpc) is 2.44. The SMILES string of the molecule is C=C(C)c1c(OC)ccc2c1CC[C@H]1C(C)(C)CCC[C@]21C. The minimum Gasteiger partial charge on any atom is -0.496 e. The first-order valence-electron chi connectivity index (χ1n) is 8.67. The molecule has 1 saturated carbocycles. The van der Waals surface area contributed by atoms with Gasteiger partial charge in [0.1, 0.15) is 5.75 Å². The molecule has 3 rings (SSSR count). The first-order chi connectivity index (χ1) is 10.3. The van der Waals surface area contributed by atoms with E-state index in [1.165, 1.54) is 43.2 Å². The van der Waals surface area contributed by atoms with Gasteiger partial charge in [0.25, 0.3) is 0 Å². The van der Waals surface area contributed by atoms with E-state index in [2.05, 4.69) is 46.4 Å². The molecule has 1 aromatic carbocycles. The molecular formula is C21H30O. The molecule has 0 N–H and O–H groups in total. The number of rotatable bonds is 2. The van der Waals surface area contributed by atoms with Gasteiger partial charge in [-0.15, -0.1) is 0 Å². The number of ether oxygens (including phenoxy) is 1. The van der Waals surface area contributed by atoms with E-state index in [-0.39, 0.29) is 0 Å². The van der Waals surface area contributed by atoms with Crippen LogP contribution in [0.2, 0.25) is 0 Å². The summed E-state index contributed by atoms with van der Waals surface area (Å²) in [7, 11) is 1.77. The summed E-state index contributed by atoms with van der Waals surface area (Å²) in [5.74, 6) is 1.77. The lowest BCUT2D eigenvalue weighted by Crippen LogP contribution is -2.48.